The molecule has 5 heteroatoms. The molecule has 0 aromatic carbocycles. The first-order valence-corrected chi connectivity index (χ1v) is 7.02. The normalized spacial score (nSPS) is 9.89. The average Bonchev–Trinajstić information content (AvgIpc) is 2.33. The summed E-state index contributed by atoms with van der Waals surface area (Å²) in [5.74, 6) is 0.831. The van der Waals surface area contributed by atoms with Crippen LogP contribution in [0.2, 0.25) is 0 Å². The third kappa shape index (κ3) is 10.2. The van der Waals surface area contributed by atoms with Gasteiger partial charge in [-0.1, -0.05) is 13.0 Å². The Hall–Kier alpha value is -0.970. The van der Waals surface area contributed by atoms with E-state index in [0.29, 0.717) is 25.1 Å². The molecular weight excluding hydrogens is 248 g/mol. The number of thiol groups is 1. The maximum Gasteiger partial charge on any atom is 0.246 e. The number of amides is 2. The molecule has 0 heterocycles. The first-order valence-electron chi connectivity index (χ1n) is 6.39. The number of unbranched alkanes of at least 4 members (excludes halogenated alkanes) is 2. The molecule has 0 aromatic rings. The maximum atomic E-state index is 11.4. The van der Waals surface area contributed by atoms with E-state index in [0.717, 1.165) is 31.4 Å². The highest BCUT2D eigenvalue weighted by Crippen LogP contribution is 2.00. The predicted molar refractivity (Wildman–Crippen MR) is 77.8 cm³/mol. The Bertz CT molecular complexity index is 280. The number of hydrogen-bond acceptors (Lipinski definition) is 3. The van der Waals surface area contributed by atoms with Gasteiger partial charge in [0.15, 0.2) is 0 Å². The van der Waals surface area contributed by atoms with Crippen LogP contribution in [-0.2, 0) is 9.59 Å². The van der Waals surface area contributed by atoms with Crippen LogP contribution in [0.15, 0.2) is 12.2 Å². The average molecular weight is 272 g/mol. The second-order valence-corrected chi connectivity index (χ2v) is 4.72. The summed E-state index contributed by atoms with van der Waals surface area (Å²) in [5, 5.41) is 5.55. The Balaban J connectivity index is 3.35. The number of nitrogens with one attached hydrogen (secondary N) is 2. The van der Waals surface area contributed by atoms with Gasteiger partial charge in [0.1, 0.15) is 0 Å². The summed E-state index contributed by atoms with van der Waals surface area (Å²) in [4.78, 5) is 22.5. The Morgan fingerprint density at radius 3 is 2.33 bits per heavy atom. The minimum absolute atomic E-state index is 0.0837. The molecule has 0 spiro atoms. The first kappa shape index (κ1) is 17.0. The van der Waals surface area contributed by atoms with Crippen LogP contribution >= 0.6 is 12.6 Å². The fraction of sp³-hybridized carbons (Fsp3) is 0.692. The minimum Gasteiger partial charge on any atom is -0.356 e. The minimum atomic E-state index is -0.131. The Kier molecular flexibility index (Phi) is 10.5. The molecule has 0 rings (SSSR count). The fourth-order valence-electron chi connectivity index (χ4n) is 1.33. The van der Waals surface area contributed by atoms with Crippen LogP contribution in [0.25, 0.3) is 0 Å². The van der Waals surface area contributed by atoms with E-state index in [-0.39, 0.29) is 11.8 Å². The highest BCUT2D eigenvalue weighted by molar-refractivity contribution is 7.80. The van der Waals surface area contributed by atoms with Crippen molar-refractivity contribution < 1.29 is 9.59 Å². The van der Waals surface area contributed by atoms with Gasteiger partial charge in [-0.15, -0.1) is 0 Å². The van der Waals surface area contributed by atoms with Gasteiger partial charge in [-0.25, -0.2) is 0 Å². The van der Waals surface area contributed by atoms with Gasteiger partial charge >= 0.3 is 0 Å². The second kappa shape index (κ2) is 11.1. The first-order chi connectivity index (χ1) is 8.57. The van der Waals surface area contributed by atoms with Gasteiger partial charge in [0.05, 0.1) is 0 Å². The summed E-state index contributed by atoms with van der Waals surface area (Å²) < 4.78 is 0. The van der Waals surface area contributed by atoms with Crippen molar-refractivity contribution in [2.24, 2.45) is 0 Å². The van der Waals surface area contributed by atoms with E-state index in [1.54, 1.807) is 6.92 Å². The van der Waals surface area contributed by atoms with E-state index in [4.69, 9.17) is 0 Å². The van der Waals surface area contributed by atoms with Crippen LogP contribution in [0.3, 0.4) is 0 Å². The second-order valence-electron chi connectivity index (χ2n) is 4.27. The molecule has 0 saturated heterocycles. The third-order valence-electron chi connectivity index (χ3n) is 2.41. The van der Waals surface area contributed by atoms with E-state index in [2.05, 4.69) is 29.8 Å². The van der Waals surface area contributed by atoms with Crippen LogP contribution in [-0.4, -0.2) is 30.7 Å². The molecule has 0 aliphatic heterocycles. The highest BCUT2D eigenvalue weighted by atomic mass is 32.1. The summed E-state index contributed by atoms with van der Waals surface area (Å²) in [6.45, 7) is 6.37. The van der Waals surface area contributed by atoms with Gasteiger partial charge in [0.2, 0.25) is 11.8 Å². The van der Waals surface area contributed by atoms with E-state index in [1.165, 1.54) is 0 Å². The molecule has 0 unspecified atom stereocenters. The molecule has 18 heavy (non-hydrogen) atoms. The Morgan fingerprint density at radius 1 is 1.06 bits per heavy atom. The number of carbonyl (C=O) groups is 2. The van der Waals surface area contributed by atoms with Crippen molar-refractivity contribution in [3.05, 3.63) is 12.2 Å². The van der Waals surface area contributed by atoms with Crippen molar-refractivity contribution in [1.29, 1.82) is 0 Å². The van der Waals surface area contributed by atoms with E-state index >= 15 is 0 Å². The maximum absolute atomic E-state index is 11.4. The van der Waals surface area contributed by atoms with E-state index in [1.807, 2.05) is 0 Å². The summed E-state index contributed by atoms with van der Waals surface area (Å²) in [6.07, 6.45) is 4.33. The van der Waals surface area contributed by atoms with E-state index < -0.39 is 0 Å². The zero-order valence-electron chi connectivity index (χ0n) is 11.1. The number of carbonyl (C=O) groups excluding carboxylic acids is 2. The van der Waals surface area contributed by atoms with Crippen LogP contribution in [0.4, 0.5) is 0 Å². The lowest BCUT2D eigenvalue weighted by molar-refractivity contribution is -0.121. The zero-order valence-corrected chi connectivity index (χ0v) is 12.0. The molecule has 0 atom stereocenters. The highest BCUT2D eigenvalue weighted by Gasteiger charge is 2.01. The Morgan fingerprint density at radius 2 is 1.72 bits per heavy atom. The van der Waals surface area contributed by atoms with E-state index in [9.17, 15) is 9.59 Å². The van der Waals surface area contributed by atoms with Gasteiger partial charge < -0.3 is 10.6 Å². The molecule has 0 fully saturated rings. The lowest BCUT2D eigenvalue weighted by Gasteiger charge is -2.06. The largest absolute Gasteiger partial charge is 0.356 e. The van der Waals surface area contributed by atoms with Crippen LogP contribution in [0.5, 0.6) is 0 Å². The lowest BCUT2D eigenvalue weighted by atomic mass is 10.2. The van der Waals surface area contributed by atoms with Gasteiger partial charge in [-0.2, -0.15) is 12.6 Å². The number of hydrogen-bond donors (Lipinski definition) is 3. The monoisotopic (exact) mass is 272 g/mol. The molecule has 4 nitrogen and oxygen atoms in total. The molecule has 2 N–H and O–H groups in total. The van der Waals surface area contributed by atoms with Crippen LogP contribution < -0.4 is 10.6 Å². The molecule has 104 valence electrons. The SMILES string of the molecule is C=C(C)C(=O)NCCCNC(=O)CCCCCS. The summed E-state index contributed by atoms with van der Waals surface area (Å²) in [5.41, 5.74) is 0.503. The van der Waals surface area contributed by atoms with Crippen LogP contribution in [0, 0.1) is 0 Å². The van der Waals surface area contributed by atoms with Gasteiger partial charge in [0.25, 0.3) is 0 Å². The third-order valence-corrected chi connectivity index (χ3v) is 2.73. The molecule has 0 aliphatic rings. The van der Waals surface area contributed by atoms with Crippen molar-refractivity contribution >= 4 is 24.4 Å². The van der Waals surface area contributed by atoms with Gasteiger partial charge in [0, 0.05) is 25.1 Å². The summed E-state index contributed by atoms with van der Waals surface area (Å²) in [6, 6.07) is 0. The smallest absolute Gasteiger partial charge is 0.246 e. The van der Waals surface area contributed by atoms with Crippen molar-refractivity contribution in [3.63, 3.8) is 0 Å². The van der Waals surface area contributed by atoms with Crippen molar-refractivity contribution in [2.45, 2.75) is 39.0 Å². The van der Waals surface area contributed by atoms with Crippen LogP contribution in [0.1, 0.15) is 39.0 Å². The summed E-state index contributed by atoms with van der Waals surface area (Å²) in [7, 11) is 0. The van der Waals surface area contributed by atoms with Crippen molar-refractivity contribution in [1.82, 2.24) is 10.6 Å². The van der Waals surface area contributed by atoms with Gasteiger partial charge in [-0.05, 0) is 31.9 Å². The topological polar surface area (TPSA) is 58.2 Å². The molecule has 2 amide bonds. The summed E-state index contributed by atoms with van der Waals surface area (Å²) >= 11 is 4.11. The molecule has 0 aliphatic carbocycles. The standard InChI is InChI=1S/C13H24N2O2S/c1-11(2)13(17)15-9-6-8-14-12(16)7-4-3-5-10-18/h18H,1,3-10H2,2H3,(H,14,16)(H,15,17). The predicted octanol–water partition coefficient (Wildman–Crippen LogP) is 1.68. The molecular formula is C13H24N2O2S. The van der Waals surface area contributed by atoms with Crippen molar-refractivity contribution in [2.75, 3.05) is 18.8 Å². The number of rotatable bonds is 10. The molecule has 0 radical (unpaired) electrons. The van der Waals surface area contributed by atoms with Crippen molar-refractivity contribution in [3.8, 4) is 0 Å². The zero-order chi connectivity index (χ0) is 13.8. The lowest BCUT2D eigenvalue weighted by Crippen LogP contribution is -2.29. The molecule has 0 bridgehead atoms. The quantitative estimate of drug-likeness (QED) is 0.322. The molecule has 0 saturated carbocycles. The Labute approximate surface area is 115 Å². The van der Waals surface area contributed by atoms with Gasteiger partial charge in [-0.3, -0.25) is 9.59 Å². The molecule has 0 aromatic heterocycles. The fourth-order valence-corrected chi connectivity index (χ4v) is 1.56.